The molecule has 1 atom stereocenters. The van der Waals surface area contributed by atoms with Crippen LogP contribution >= 0.6 is 0 Å². The van der Waals surface area contributed by atoms with Gasteiger partial charge in [-0.25, -0.2) is 17.4 Å². The number of likely N-dealkylation sites (tertiary alicyclic amines) is 1. The van der Waals surface area contributed by atoms with Crippen molar-refractivity contribution >= 4 is 21.1 Å². The zero-order valence-electron chi connectivity index (χ0n) is 14.2. The maximum Gasteiger partial charge on any atom is 0.269 e. The molecule has 1 fully saturated rings. The number of likely N-dealkylation sites (N-methyl/N-ethyl adjacent to an activating group) is 1. The molecule has 0 saturated carbocycles. The maximum absolute atomic E-state index is 13.3. The van der Waals surface area contributed by atoms with Crippen LogP contribution in [0, 0.1) is 0 Å². The molecule has 2 aromatic heterocycles. The summed E-state index contributed by atoms with van der Waals surface area (Å²) in [5.41, 5.74) is 1.30. The molecule has 0 amide bonds. The van der Waals surface area contributed by atoms with Gasteiger partial charge in [0.05, 0.1) is 4.90 Å². The minimum absolute atomic E-state index is 0.291. The highest BCUT2D eigenvalue weighted by Crippen LogP contribution is 2.27. The zero-order valence-corrected chi connectivity index (χ0v) is 15.0. The third-order valence-electron chi connectivity index (χ3n) is 4.99. The summed E-state index contributed by atoms with van der Waals surface area (Å²) in [5, 5.41) is 0.859. The van der Waals surface area contributed by atoms with Crippen LogP contribution in [0.25, 0.3) is 11.0 Å². The number of nitrogens with zero attached hydrogens (tertiary/aromatic N) is 3. The van der Waals surface area contributed by atoms with E-state index in [2.05, 4.69) is 16.9 Å². The lowest BCUT2D eigenvalue weighted by Gasteiger charge is -2.20. The van der Waals surface area contributed by atoms with Gasteiger partial charge >= 0.3 is 0 Å². The predicted octanol–water partition coefficient (Wildman–Crippen LogP) is 2.91. The van der Waals surface area contributed by atoms with Crippen molar-refractivity contribution in [1.82, 2.24) is 13.9 Å². The van der Waals surface area contributed by atoms with Crippen LogP contribution in [0.1, 0.15) is 18.5 Å². The molecule has 0 radical (unpaired) electrons. The van der Waals surface area contributed by atoms with Gasteiger partial charge in [-0.2, -0.15) is 0 Å². The molecule has 3 heterocycles. The Kier molecular flexibility index (Phi) is 4.09. The van der Waals surface area contributed by atoms with Gasteiger partial charge < -0.3 is 4.90 Å². The lowest BCUT2D eigenvalue weighted by Crippen LogP contribution is -2.28. The first-order valence-electron chi connectivity index (χ1n) is 8.53. The molecule has 0 N–H and O–H groups in total. The number of pyridine rings is 1. The van der Waals surface area contributed by atoms with Crippen LogP contribution in [-0.4, -0.2) is 41.9 Å². The van der Waals surface area contributed by atoms with Gasteiger partial charge in [0, 0.05) is 29.7 Å². The maximum atomic E-state index is 13.3. The Labute approximate surface area is 148 Å². The largest absolute Gasteiger partial charge is 0.303 e. The van der Waals surface area contributed by atoms with Crippen LogP contribution in [0.2, 0.25) is 0 Å². The molecule has 1 aromatic carbocycles. The van der Waals surface area contributed by atoms with Crippen molar-refractivity contribution in [2.75, 3.05) is 13.6 Å². The molecule has 25 heavy (non-hydrogen) atoms. The molecule has 4 rings (SSSR count). The number of aromatic nitrogens is 2. The molecule has 5 nitrogen and oxygen atoms in total. The third kappa shape index (κ3) is 2.85. The summed E-state index contributed by atoms with van der Waals surface area (Å²) in [5.74, 6) is 0. The monoisotopic (exact) mass is 355 g/mol. The van der Waals surface area contributed by atoms with Crippen molar-refractivity contribution in [2.45, 2.75) is 30.2 Å². The number of hydrogen-bond donors (Lipinski definition) is 0. The fraction of sp³-hybridized carbons (Fsp3) is 0.316. The second-order valence-electron chi connectivity index (χ2n) is 6.62. The second-order valence-corrected chi connectivity index (χ2v) is 8.40. The Balaban J connectivity index is 1.88. The van der Waals surface area contributed by atoms with Gasteiger partial charge in [-0.05, 0) is 56.8 Å². The highest BCUT2D eigenvalue weighted by molar-refractivity contribution is 7.90. The van der Waals surface area contributed by atoms with Crippen LogP contribution < -0.4 is 0 Å². The average Bonchev–Trinajstić information content (AvgIpc) is 3.19. The fourth-order valence-corrected chi connectivity index (χ4v) is 5.18. The van der Waals surface area contributed by atoms with Crippen LogP contribution in [0.4, 0.5) is 0 Å². The van der Waals surface area contributed by atoms with E-state index >= 15 is 0 Å². The zero-order chi connectivity index (χ0) is 17.4. The van der Waals surface area contributed by atoms with Gasteiger partial charge in [0.25, 0.3) is 10.0 Å². The first kappa shape index (κ1) is 16.3. The molecule has 1 aliphatic rings. The molecule has 3 aromatic rings. The summed E-state index contributed by atoms with van der Waals surface area (Å²) in [6, 6.07) is 14.7. The number of rotatable bonds is 4. The van der Waals surface area contributed by atoms with Gasteiger partial charge in [-0.1, -0.05) is 18.2 Å². The van der Waals surface area contributed by atoms with Crippen molar-refractivity contribution < 1.29 is 8.42 Å². The van der Waals surface area contributed by atoms with E-state index in [-0.39, 0.29) is 0 Å². The molecular weight excluding hydrogens is 334 g/mol. The van der Waals surface area contributed by atoms with E-state index in [0.29, 0.717) is 23.0 Å². The molecule has 1 aliphatic heterocycles. The minimum Gasteiger partial charge on any atom is -0.303 e. The smallest absolute Gasteiger partial charge is 0.269 e. The molecule has 1 saturated heterocycles. The normalized spacial score (nSPS) is 18.8. The van der Waals surface area contributed by atoms with Crippen molar-refractivity contribution in [3.63, 3.8) is 0 Å². The Morgan fingerprint density at radius 3 is 2.68 bits per heavy atom. The first-order valence-corrected chi connectivity index (χ1v) is 9.97. The van der Waals surface area contributed by atoms with E-state index in [1.165, 1.54) is 3.97 Å². The van der Waals surface area contributed by atoms with Gasteiger partial charge in [-0.3, -0.25) is 0 Å². The van der Waals surface area contributed by atoms with E-state index in [0.717, 1.165) is 30.5 Å². The summed E-state index contributed by atoms with van der Waals surface area (Å²) in [7, 11) is -1.57. The van der Waals surface area contributed by atoms with Crippen molar-refractivity contribution in [1.29, 1.82) is 0 Å². The molecule has 0 aliphatic carbocycles. The molecule has 0 spiro atoms. The van der Waals surface area contributed by atoms with Gasteiger partial charge in [0.2, 0.25) is 0 Å². The predicted molar refractivity (Wildman–Crippen MR) is 98.1 cm³/mol. The van der Waals surface area contributed by atoms with Gasteiger partial charge in [-0.15, -0.1) is 0 Å². The number of hydrogen-bond acceptors (Lipinski definition) is 4. The fourth-order valence-electron chi connectivity index (χ4n) is 3.65. The Hall–Kier alpha value is -2.18. The summed E-state index contributed by atoms with van der Waals surface area (Å²) >= 11 is 0. The first-order chi connectivity index (χ1) is 12.1. The van der Waals surface area contributed by atoms with E-state index in [1.807, 2.05) is 24.3 Å². The highest BCUT2D eigenvalue weighted by atomic mass is 32.2. The SMILES string of the molecule is CN1CCC[C@H]1Cc1cc2cccnc2n1S(=O)(=O)c1ccccc1. The lowest BCUT2D eigenvalue weighted by atomic mass is 10.1. The topological polar surface area (TPSA) is 55.2 Å². The van der Waals surface area contributed by atoms with E-state index in [9.17, 15) is 8.42 Å². The summed E-state index contributed by atoms with van der Waals surface area (Å²) in [6.07, 6.45) is 4.60. The standard InChI is InChI=1S/C19H21N3O2S/c1-21-12-6-8-16(21)14-17-13-15-7-5-11-20-19(15)22(17)25(23,24)18-9-3-2-4-10-18/h2-5,7,9-11,13,16H,6,8,12,14H2,1H3/t16-/m0/s1. The lowest BCUT2D eigenvalue weighted by molar-refractivity contribution is 0.307. The quantitative estimate of drug-likeness (QED) is 0.722. The minimum atomic E-state index is -3.68. The average molecular weight is 355 g/mol. The van der Waals surface area contributed by atoms with Crippen molar-refractivity contribution in [3.05, 3.63) is 60.4 Å². The molecule has 130 valence electrons. The van der Waals surface area contributed by atoms with Crippen LogP contribution in [-0.2, 0) is 16.4 Å². The Bertz CT molecular complexity index is 996. The molecule has 0 unspecified atom stereocenters. The van der Waals surface area contributed by atoms with Crippen molar-refractivity contribution in [2.24, 2.45) is 0 Å². The summed E-state index contributed by atoms with van der Waals surface area (Å²) in [4.78, 5) is 6.96. The number of benzene rings is 1. The van der Waals surface area contributed by atoms with Gasteiger partial charge in [0.15, 0.2) is 5.65 Å². The third-order valence-corrected chi connectivity index (χ3v) is 6.75. The highest BCUT2D eigenvalue weighted by Gasteiger charge is 2.28. The van der Waals surface area contributed by atoms with Gasteiger partial charge in [0.1, 0.15) is 0 Å². The molecular formula is C19H21N3O2S. The molecule has 0 bridgehead atoms. The second kappa shape index (κ2) is 6.28. The van der Waals surface area contributed by atoms with E-state index in [1.54, 1.807) is 30.5 Å². The summed E-state index contributed by atoms with van der Waals surface area (Å²) < 4.78 is 28.0. The van der Waals surface area contributed by atoms with Crippen LogP contribution in [0.15, 0.2) is 59.6 Å². The van der Waals surface area contributed by atoms with E-state index < -0.39 is 10.0 Å². The number of fused-ring (bicyclic) bond motifs is 1. The van der Waals surface area contributed by atoms with Crippen LogP contribution in [0.3, 0.4) is 0 Å². The molecule has 6 heteroatoms. The van der Waals surface area contributed by atoms with E-state index in [4.69, 9.17) is 0 Å². The Morgan fingerprint density at radius 2 is 1.96 bits per heavy atom. The Morgan fingerprint density at radius 1 is 1.16 bits per heavy atom. The van der Waals surface area contributed by atoms with Crippen LogP contribution in [0.5, 0.6) is 0 Å². The van der Waals surface area contributed by atoms with Crippen molar-refractivity contribution in [3.8, 4) is 0 Å². The summed E-state index contributed by atoms with van der Waals surface area (Å²) in [6.45, 7) is 1.06.